The second kappa shape index (κ2) is 13.4. The van der Waals surface area contributed by atoms with Crippen molar-refractivity contribution < 1.29 is 26.7 Å². The molecular formula is C34H33ClF2N2O4S. The summed E-state index contributed by atoms with van der Waals surface area (Å²) in [6, 6.07) is 24.1. The summed E-state index contributed by atoms with van der Waals surface area (Å²) in [7, 11) is -2.60. The van der Waals surface area contributed by atoms with Gasteiger partial charge in [0, 0.05) is 36.2 Å². The van der Waals surface area contributed by atoms with Crippen LogP contribution in [-0.4, -0.2) is 39.4 Å². The largest absolute Gasteiger partial charge is 0.493 e. The minimum atomic E-state index is -4.38. The minimum Gasteiger partial charge on any atom is -0.493 e. The van der Waals surface area contributed by atoms with Crippen LogP contribution >= 0.6 is 11.6 Å². The molecule has 3 unspecified atom stereocenters. The van der Waals surface area contributed by atoms with E-state index in [1.807, 2.05) is 18.2 Å². The third kappa shape index (κ3) is 6.89. The molecular weight excluding hydrogens is 606 g/mol. The van der Waals surface area contributed by atoms with Crippen LogP contribution in [0.15, 0.2) is 102 Å². The van der Waals surface area contributed by atoms with Crippen LogP contribution in [0, 0.1) is 17.6 Å². The van der Waals surface area contributed by atoms with Crippen LogP contribution in [0.2, 0.25) is 5.02 Å². The average molecular weight is 639 g/mol. The Morgan fingerprint density at radius 2 is 1.66 bits per heavy atom. The number of ether oxygens (including phenoxy) is 1. The maximum absolute atomic E-state index is 15.1. The molecule has 1 saturated carbocycles. The van der Waals surface area contributed by atoms with E-state index in [0.29, 0.717) is 29.3 Å². The highest BCUT2D eigenvalue weighted by Crippen LogP contribution is 2.48. The molecule has 4 aromatic carbocycles. The molecule has 5 rings (SSSR count). The fourth-order valence-corrected chi connectivity index (χ4v) is 7.18. The Balaban J connectivity index is 1.30. The SMILES string of the molecule is CC(c1ccccc1OCCCN(C)C(=O)C1CC1c1ccccc1)N(c1cc(F)ccc1F)S(=O)(=O)c1ccc(Cl)cc1. The first-order valence-corrected chi connectivity index (χ1v) is 16.2. The number of para-hydroxylation sites is 1. The second-order valence-corrected chi connectivity index (χ2v) is 13.1. The zero-order valence-electron chi connectivity index (χ0n) is 24.4. The fourth-order valence-electron chi connectivity index (χ4n) is 5.42. The predicted molar refractivity (Wildman–Crippen MR) is 167 cm³/mol. The molecule has 3 atom stereocenters. The number of halogens is 3. The van der Waals surface area contributed by atoms with Crippen LogP contribution in [0.4, 0.5) is 14.5 Å². The molecule has 0 bridgehead atoms. The molecule has 1 fully saturated rings. The molecule has 0 N–H and O–H groups in total. The van der Waals surface area contributed by atoms with Gasteiger partial charge >= 0.3 is 0 Å². The summed E-state index contributed by atoms with van der Waals surface area (Å²) in [6.07, 6.45) is 1.38. The molecule has 6 nitrogen and oxygen atoms in total. The zero-order chi connectivity index (χ0) is 31.4. The smallest absolute Gasteiger partial charge is 0.264 e. The molecule has 0 aliphatic heterocycles. The van der Waals surface area contributed by atoms with Gasteiger partial charge in [-0.3, -0.25) is 9.10 Å². The molecule has 44 heavy (non-hydrogen) atoms. The number of sulfonamides is 1. The van der Waals surface area contributed by atoms with Crippen LogP contribution in [0.3, 0.4) is 0 Å². The van der Waals surface area contributed by atoms with Crippen molar-refractivity contribution in [1.29, 1.82) is 0 Å². The number of anilines is 1. The van der Waals surface area contributed by atoms with E-state index in [0.717, 1.165) is 28.9 Å². The lowest BCUT2D eigenvalue weighted by Crippen LogP contribution is -2.34. The number of hydrogen-bond acceptors (Lipinski definition) is 4. The molecule has 4 aromatic rings. The van der Waals surface area contributed by atoms with E-state index in [4.69, 9.17) is 16.3 Å². The topological polar surface area (TPSA) is 66.9 Å². The Morgan fingerprint density at radius 3 is 2.39 bits per heavy atom. The van der Waals surface area contributed by atoms with E-state index in [1.165, 1.54) is 29.8 Å². The number of carbonyl (C=O) groups excluding carboxylic acids is 1. The minimum absolute atomic E-state index is 0.0123. The van der Waals surface area contributed by atoms with Crippen molar-refractivity contribution in [1.82, 2.24) is 4.90 Å². The van der Waals surface area contributed by atoms with E-state index in [2.05, 4.69) is 12.1 Å². The molecule has 0 aromatic heterocycles. The lowest BCUT2D eigenvalue weighted by atomic mass is 10.1. The molecule has 0 heterocycles. The summed E-state index contributed by atoms with van der Waals surface area (Å²) in [5, 5.41) is 0.333. The van der Waals surface area contributed by atoms with Gasteiger partial charge in [-0.2, -0.15) is 0 Å². The highest BCUT2D eigenvalue weighted by molar-refractivity contribution is 7.92. The third-order valence-electron chi connectivity index (χ3n) is 7.84. The van der Waals surface area contributed by atoms with Gasteiger partial charge in [-0.1, -0.05) is 60.1 Å². The first kappa shape index (κ1) is 31.5. The standard InChI is InChI=1S/C34H33ClF2N2O4S/c1-23(39(32-21-26(36)15-18-31(32)37)44(41,42)27-16-13-25(35)14-17-27)28-11-6-7-12-33(28)43-20-8-19-38(2)34(40)30-22-29(30)24-9-4-3-5-10-24/h3-7,9-18,21,23,29-30H,8,19-20,22H2,1-2H3. The van der Waals surface area contributed by atoms with Crippen LogP contribution in [0.25, 0.3) is 0 Å². The van der Waals surface area contributed by atoms with Gasteiger partial charge in [0.05, 0.1) is 23.2 Å². The van der Waals surface area contributed by atoms with Crippen molar-refractivity contribution >= 4 is 33.2 Å². The van der Waals surface area contributed by atoms with Crippen LogP contribution < -0.4 is 9.04 Å². The maximum Gasteiger partial charge on any atom is 0.264 e. The Hall–Kier alpha value is -3.95. The molecule has 0 radical (unpaired) electrons. The molecule has 1 aliphatic rings. The maximum atomic E-state index is 15.1. The van der Waals surface area contributed by atoms with Crippen molar-refractivity contribution in [2.75, 3.05) is 24.5 Å². The lowest BCUT2D eigenvalue weighted by Gasteiger charge is -2.32. The molecule has 0 saturated heterocycles. The van der Waals surface area contributed by atoms with Gasteiger partial charge < -0.3 is 9.64 Å². The summed E-state index contributed by atoms with van der Waals surface area (Å²) < 4.78 is 64.2. The number of rotatable bonds is 12. The van der Waals surface area contributed by atoms with Gasteiger partial charge in [-0.25, -0.2) is 17.2 Å². The van der Waals surface area contributed by atoms with Gasteiger partial charge in [0.15, 0.2) is 0 Å². The van der Waals surface area contributed by atoms with Crippen LogP contribution in [0.5, 0.6) is 5.75 Å². The Bertz CT molecular complexity index is 1720. The van der Waals surface area contributed by atoms with Crippen molar-refractivity contribution in [3.63, 3.8) is 0 Å². The van der Waals surface area contributed by atoms with Crippen LogP contribution in [-0.2, 0) is 14.8 Å². The highest BCUT2D eigenvalue weighted by Gasteiger charge is 2.45. The summed E-state index contributed by atoms with van der Waals surface area (Å²) in [4.78, 5) is 14.5. The van der Waals surface area contributed by atoms with Crippen molar-refractivity contribution in [2.45, 2.75) is 36.6 Å². The molecule has 230 valence electrons. The summed E-state index contributed by atoms with van der Waals surface area (Å²) in [6.45, 7) is 2.33. The van der Waals surface area contributed by atoms with Gasteiger partial charge in [0.25, 0.3) is 10.0 Å². The van der Waals surface area contributed by atoms with Gasteiger partial charge in [-0.15, -0.1) is 0 Å². The highest BCUT2D eigenvalue weighted by atomic mass is 35.5. The summed E-state index contributed by atoms with van der Waals surface area (Å²) in [5.74, 6) is -0.935. The number of nitrogens with zero attached hydrogens (tertiary/aromatic N) is 2. The quantitative estimate of drug-likeness (QED) is 0.150. The van der Waals surface area contributed by atoms with E-state index in [1.54, 1.807) is 43.1 Å². The fraction of sp³-hybridized carbons (Fsp3) is 0.265. The van der Waals surface area contributed by atoms with Gasteiger partial charge in [-0.05, 0) is 73.7 Å². The van der Waals surface area contributed by atoms with Gasteiger partial charge in [0.1, 0.15) is 17.4 Å². The van der Waals surface area contributed by atoms with E-state index in [-0.39, 0.29) is 29.2 Å². The monoisotopic (exact) mass is 638 g/mol. The second-order valence-electron chi connectivity index (χ2n) is 10.9. The van der Waals surface area contributed by atoms with E-state index in [9.17, 15) is 17.6 Å². The predicted octanol–water partition coefficient (Wildman–Crippen LogP) is 7.61. The molecule has 1 aliphatic carbocycles. The first-order valence-electron chi connectivity index (χ1n) is 14.3. The van der Waals surface area contributed by atoms with Crippen molar-refractivity contribution in [3.8, 4) is 5.75 Å². The normalized spacial score (nSPS) is 16.7. The molecule has 1 amide bonds. The number of hydrogen-bond donors (Lipinski definition) is 0. The summed E-state index contributed by atoms with van der Waals surface area (Å²) >= 11 is 5.97. The molecule has 0 spiro atoms. The van der Waals surface area contributed by atoms with Crippen molar-refractivity contribution in [2.24, 2.45) is 5.92 Å². The Morgan fingerprint density at radius 1 is 0.977 bits per heavy atom. The average Bonchev–Trinajstić information content (AvgIpc) is 3.82. The van der Waals surface area contributed by atoms with E-state index < -0.39 is 33.4 Å². The zero-order valence-corrected chi connectivity index (χ0v) is 25.9. The number of carbonyl (C=O) groups is 1. The van der Waals surface area contributed by atoms with Crippen molar-refractivity contribution in [3.05, 3.63) is 125 Å². The van der Waals surface area contributed by atoms with E-state index >= 15 is 4.39 Å². The van der Waals surface area contributed by atoms with Crippen LogP contribution in [0.1, 0.15) is 42.9 Å². The number of amides is 1. The number of benzene rings is 4. The third-order valence-corrected chi connectivity index (χ3v) is 9.99. The first-order chi connectivity index (χ1) is 21.1. The Kier molecular flexibility index (Phi) is 9.56. The molecule has 10 heteroatoms. The van der Waals surface area contributed by atoms with Gasteiger partial charge in [0.2, 0.25) is 5.91 Å². The lowest BCUT2D eigenvalue weighted by molar-refractivity contribution is -0.131. The Labute approximate surface area is 261 Å². The summed E-state index contributed by atoms with van der Waals surface area (Å²) in [5.41, 5.74) is 1.21.